The van der Waals surface area contributed by atoms with Crippen molar-refractivity contribution in [1.29, 1.82) is 0 Å². The van der Waals surface area contributed by atoms with E-state index in [1.807, 2.05) is 73.7 Å². The summed E-state index contributed by atoms with van der Waals surface area (Å²) >= 11 is 1.45. The summed E-state index contributed by atoms with van der Waals surface area (Å²) in [6.07, 6.45) is -10.6. The zero-order chi connectivity index (χ0) is 32.3. The summed E-state index contributed by atoms with van der Waals surface area (Å²) in [5.74, 6) is 0.0935. The lowest BCUT2D eigenvalue weighted by Gasteiger charge is -2.51. The first-order valence-electron chi connectivity index (χ1n) is 15.8. The summed E-state index contributed by atoms with van der Waals surface area (Å²) in [4.78, 5) is 13.4. The fourth-order valence-electron chi connectivity index (χ4n) is 6.30. The molecule has 0 unspecified atom stereocenters. The van der Waals surface area contributed by atoms with Gasteiger partial charge in [0.05, 0.1) is 18.8 Å². The highest BCUT2D eigenvalue weighted by Gasteiger charge is 2.56. The number of rotatable bonds is 8. The van der Waals surface area contributed by atoms with E-state index in [0.717, 1.165) is 11.1 Å². The number of hydrogen-bond donors (Lipinski definition) is 2. The molecule has 4 fully saturated rings. The van der Waals surface area contributed by atoms with E-state index in [-0.39, 0.29) is 13.2 Å². The number of thioether (sulfide) groups is 1. The van der Waals surface area contributed by atoms with E-state index in [1.165, 1.54) is 11.8 Å². The molecule has 2 N–H and O–H groups in total. The highest BCUT2D eigenvalue weighted by Crippen LogP contribution is 2.41. The van der Waals surface area contributed by atoms with Gasteiger partial charge in [0.1, 0.15) is 48.2 Å². The van der Waals surface area contributed by atoms with E-state index in [0.29, 0.717) is 11.3 Å². The smallest absolute Gasteiger partial charge is 0.338 e. The molecule has 4 aliphatic rings. The maximum atomic E-state index is 13.4. The van der Waals surface area contributed by atoms with Crippen LogP contribution in [-0.4, -0.2) is 95.7 Å². The largest absolute Gasteiger partial charge is 0.452 e. The molecule has 0 bridgehead atoms. The van der Waals surface area contributed by atoms with E-state index in [1.54, 1.807) is 24.3 Å². The molecule has 3 aromatic carbocycles. The third-order valence-electron chi connectivity index (χ3n) is 8.64. The summed E-state index contributed by atoms with van der Waals surface area (Å²) < 4.78 is 49.9. The summed E-state index contributed by atoms with van der Waals surface area (Å²) in [6, 6.07) is 27.5. The monoisotopic (exact) mass is 666 g/mol. The molecule has 3 aromatic rings. The first-order chi connectivity index (χ1) is 23.0. The molecule has 0 amide bonds. The molecular weight excluding hydrogens is 628 g/mol. The van der Waals surface area contributed by atoms with Gasteiger partial charge in [0.25, 0.3) is 0 Å². The van der Waals surface area contributed by atoms with Crippen LogP contribution in [0.3, 0.4) is 0 Å². The van der Waals surface area contributed by atoms with Gasteiger partial charge in [-0.25, -0.2) is 4.79 Å². The van der Waals surface area contributed by atoms with Crippen molar-refractivity contribution in [3.05, 3.63) is 108 Å². The number of fused-ring (bicyclic) bond motifs is 2. The Morgan fingerprint density at radius 1 is 0.723 bits per heavy atom. The van der Waals surface area contributed by atoms with E-state index in [4.69, 9.17) is 37.9 Å². The number of benzene rings is 3. The van der Waals surface area contributed by atoms with Crippen LogP contribution < -0.4 is 0 Å². The lowest BCUT2D eigenvalue weighted by atomic mass is 9.96. The van der Waals surface area contributed by atoms with Crippen molar-refractivity contribution in [1.82, 2.24) is 0 Å². The maximum absolute atomic E-state index is 13.4. The molecule has 12 atom stereocenters. The fourth-order valence-corrected chi connectivity index (χ4v) is 7.24. The molecule has 7 rings (SSSR count). The predicted molar refractivity (Wildman–Crippen MR) is 168 cm³/mol. The Labute approximate surface area is 277 Å². The number of aliphatic hydroxyl groups excluding tert-OH is 2. The standard InChI is InChI=1S/C35H38O11S/c1-2-47-35-30(43-31(38)20-12-6-3-7-13-20)29(28-24(42-35)19-40-33(45-28)22-16-10-5-11-17-22)46-34-26(37)25(36)27-23(41-34)18-39-32(44-27)21-14-8-4-9-15-21/h3-17,23-30,32-37H,2,18-19H2,1H3/t23-,24-,25-,26-,27-,28-,29+,30-,32-,33-,34+,35+/m1/s1. The van der Waals surface area contributed by atoms with Gasteiger partial charge in [-0.2, -0.15) is 0 Å². The molecule has 0 spiro atoms. The third kappa shape index (κ3) is 6.99. The van der Waals surface area contributed by atoms with E-state index >= 15 is 0 Å². The number of carbonyl (C=O) groups is 1. The normalized spacial score (nSPS) is 36.9. The Kier molecular flexibility index (Phi) is 10.2. The number of carbonyl (C=O) groups excluding carboxylic acids is 1. The predicted octanol–water partition coefficient (Wildman–Crippen LogP) is 3.75. The van der Waals surface area contributed by atoms with Crippen molar-refractivity contribution in [2.45, 2.75) is 80.1 Å². The summed E-state index contributed by atoms with van der Waals surface area (Å²) in [5.41, 5.74) is 1.29. The molecule has 0 radical (unpaired) electrons. The lowest BCUT2D eigenvalue weighted by Crippen LogP contribution is -2.67. The zero-order valence-electron chi connectivity index (χ0n) is 25.7. The van der Waals surface area contributed by atoms with E-state index in [9.17, 15) is 15.0 Å². The molecule has 12 heteroatoms. The minimum absolute atomic E-state index is 0.0921. The molecule has 0 aromatic heterocycles. The summed E-state index contributed by atoms with van der Waals surface area (Å²) in [6.45, 7) is 2.25. The summed E-state index contributed by atoms with van der Waals surface area (Å²) in [7, 11) is 0. The van der Waals surface area contributed by atoms with Crippen molar-refractivity contribution in [2.24, 2.45) is 0 Å². The van der Waals surface area contributed by atoms with Crippen molar-refractivity contribution in [3.8, 4) is 0 Å². The molecule has 4 saturated heterocycles. The van der Waals surface area contributed by atoms with Gasteiger partial charge in [-0.05, 0) is 17.9 Å². The Bertz CT molecular complexity index is 1450. The third-order valence-corrected chi connectivity index (χ3v) is 9.68. The van der Waals surface area contributed by atoms with Crippen molar-refractivity contribution < 1.29 is 52.9 Å². The van der Waals surface area contributed by atoms with Crippen LogP contribution >= 0.6 is 11.8 Å². The van der Waals surface area contributed by atoms with Gasteiger partial charge in [0.2, 0.25) is 0 Å². The van der Waals surface area contributed by atoms with Gasteiger partial charge in [0.15, 0.2) is 25.0 Å². The molecule has 4 aliphatic heterocycles. The summed E-state index contributed by atoms with van der Waals surface area (Å²) in [5, 5.41) is 22.7. The van der Waals surface area contributed by atoms with Gasteiger partial charge < -0.3 is 48.1 Å². The number of ether oxygens (including phenoxy) is 8. The fraction of sp³-hybridized carbons (Fsp3) is 0.457. The molecule has 0 saturated carbocycles. The SMILES string of the molecule is CCS[C@@H]1O[C@@H]2CO[C@@H](c3ccccc3)O[C@H]2[C@H](O[C@@H]2O[C@@H]3CO[C@@H](c4ccccc4)O[C@H]3[C@H](O)[C@H]2O)[C@H]1OC(=O)c1ccccc1. The molecule has 0 aliphatic carbocycles. The van der Waals surface area contributed by atoms with Crippen LogP contribution in [0.2, 0.25) is 0 Å². The Hall–Kier alpha value is -2.88. The second-order valence-electron chi connectivity index (χ2n) is 11.7. The zero-order valence-corrected chi connectivity index (χ0v) is 26.5. The van der Waals surface area contributed by atoms with E-state index < -0.39 is 79.1 Å². The lowest BCUT2D eigenvalue weighted by molar-refractivity contribution is -0.388. The minimum Gasteiger partial charge on any atom is -0.452 e. The van der Waals surface area contributed by atoms with Crippen LogP contribution in [0.25, 0.3) is 0 Å². The van der Waals surface area contributed by atoms with Crippen molar-refractivity contribution in [2.75, 3.05) is 19.0 Å². The molecule has 250 valence electrons. The van der Waals surface area contributed by atoms with Crippen LogP contribution in [0.5, 0.6) is 0 Å². The number of esters is 1. The van der Waals surface area contributed by atoms with Gasteiger partial charge in [-0.15, -0.1) is 11.8 Å². The quantitative estimate of drug-likeness (QED) is 0.340. The molecule has 4 heterocycles. The van der Waals surface area contributed by atoms with Gasteiger partial charge in [0, 0.05) is 11.1 Å². The van der Waals surface area contributed by atoms with Gasteiger partial charge >= 0.3 is 5.97 Å². The van der Waals surface area contributed by atoms with Crippen molar-refractivity contribution in [3.63, 3.8) is 0 Å². The molecule has 11 nitrogen and oxygen atoms in total. The average molecular weight is 667 g/mol. The highest BCUT2D eigenvalue weighted by atomic mass is 32.2. The van der Waals surface area contributed by atoms with Crippen LogP contribution in [0.15, 0.2) is 91.0 Å². The maximum Gasteiger partial charge on any atom is 0.338 e. The van der Waals surface area contributed by atoms with Gasteiger partial charge in [-0.1, -0.05) is 85.8 Å². The van der Waals surface area contributed by atoms with Gasteiger partial charge in [-0.3, -0.25) is 0 Å². The Morgan fingerprint density at radius 2 is 1.28 bits per heavy atom. The first-order valence-corrected chi connectivity index (χ1v) is 16.9. The average Bonchev–Trinajstić information content (AvgIpc) is 3.12. The highest BCUT2D eigenvalue weighted by molar-refractivity contribution is 7.99. The minimum atomic E-state index is -1.50. The van der Waals surface area contributed by atoms with Crippen LogP contribution in [-0.2, 0) is 37.9 Å². The molecule has 47 heavy (non-hydrogen) atoms. The van der Waals surface area contributed by atoms with Crippen LogP contribution in [0.1, 0.15) is 41.0 Å². The van der Waals surface area contributed by atoms with E-state index in [2.05, 4.69) is 0 Å². The first kappa shape index (κ1) is 32.7. The van der Waals surface area contributed by atoms with Crippen LogP contribution in [0, 0.1) is 0 Å². The van der Waals surface area contributed by atoms with Crippen LogP contribution in [0.4, 0.5) is 0 Å². The number of aliphatic hydroxyl groups is 2. The second-order valence-corrected chi connectivity index (χ2v) is 13.1. The topological polar surface area (TPSA) is 131 Å². The van der Waals surface area contributed by atoms with Crippen molar-refractivity contribution >= 4 is 17.7 Å². The molecular formula is C35H38O11S. The Morgan fingerprint density at radius 3 is 1.87 bits per heavy atom. The Balaban J connectivity index is 1.16. The number of hydrogen-bond acceptors (Lipinski definition) is 12. The second kappa shape index (κ2) is 14.7.